The van der Waals surface area contributed by atoms with Crippen LogP contribution in [0.1, 0.15) is 26.7 Å². The van der Waals surface area contributed by atoms with Crippen LogP contribution in [0.4, 0.5) is 0 Å². The Balaban J connectivity index is 4.95. The first-order chi connectivity index (χ1) is 8.30. The van der Waals surface area contributed by atoms with Gasteiger partial charge in [0.05, 0.1) is 20.0 Å². The van der Waals surface area contributed by atoms with Crippen LogP contribution >= 0.6 is 12.6 Å². The summed E-state index contributed by atoms with van der Waals surface area (Å²) in [4.78, 5) is 35.7. The Labute approximate surface area is 112 Å². The number of amides is 1. The summed E-state index contributed by atoms with van der Waals surface area (Å²) in [5, 5.41) is 8.78. The van der Waals surface area contributed by atoms with Crippen molar-refractivity contribution in [1.29, 1.82) is 0 Å². The van der Waals surface area contributed by atoms with Gasteiger partial charge >= 0.3 is 11.9 Å². The van der Waals surface area contributed by atoms with Crippen molar-refractivity contribution in [2.24, 2.45) is 0 Å². The number of thiol groups is 1. The number of hydrogen-bond donors (Lipinski definition) is 2. The van der Waals surface area contributed by atoms with E-state index in [2.05, 4.69) is 17.4 Å². The van der Waals surface area contributed by atoms with Crippen molar-refractivity contribution < 1.29 is 24.2 Å². The number of ether oxygens (including phenoxy) is 1. The van der Waals surface area contributed by atoms with E-state index in [0.717, 1.165) is 7.11 Å². The van der Waals surface area contributed by atoms with Crippen molar-refractivity contribution >= 4 is 30.5 Å². The molecular formula is C11H19NO5S. The number of carboxylic acid groups (broad SMARTS) is 1. The highest BCUT2D eigenvalue weighted by molar-refractivity contribution is 7.82. The van der Waals surface area contributed by atoms with Crippen LogP contribution in [0.5, 0.6) is 0 Å². The zero-order valence-electron chi connectivity index (χ0n) is 10.8. The number of methoxy groups -OCH3 is 1. The number of carboxylic acids is 1. The van der Waals surface area contributed by atoms with Gasteiger partial charge in [-0.15, -0.1) is 0 Å². The van der Waals surface area contributed by atoms with Crippen LogP contribution in [0.15, 0.2) is 0 Å². The summed E-state index contributed by atoms with van der Waals surface area (Å²) in [6, 6.07) is 0. The Morgan fingerprint density at radius 3 is 2.06 bits per heavy atom. The Kier molecular flexibility index (Phi) is 6.75. The molecule has 1 atom stereocenters. The maximum absolute atomic E-state index is 11.9. The predicted octanol–water partition coefficient (Wildman–Crippen LogP) is 0.561. The second kappa shape index (κ2) is 7.25. The van der Waals surface area contributed by atoms with Crippen LogP contribution in [0.2, 0.25) is 0 Å². The van der Waals surface area contributed by atoms with E-state index in [9.17, 15) is 14.4 Å². The lowest BCUT2D eigenvalue weighted by molar-refractivity contribution is -0.150. The molecule has 0 bridgehead atoms. The fourth-order valence-corrected chi connectivity index (χ4v) is 1.95. The van der Waals surface area contributed by atoms with E-state index in [1.807, 2.05) is 0 Å². The third-order valence-corrected chi connectivity index (χ3v) is 3.07. The highest BCUT2D eigenvalue weighted by Gasteiger charge is 2.41. The Morgan fingerprint density at radius 1 is 1.22 bits per heavy atom. The number of nitrogens with zero attached hydrogens (tertiary/aromatic N) is 1. The van der Waals surface area contributed by atoms with Gasteiger partial charge in [0.15, 0.2) is 0 Å². The van der Waals surface area contributed by atoms with Gasteiger partial charge in [-0.3, -0.25) is 14.4 Å². The molecule has 0 aliphatic rings. The van der Waals surface area contributed by atoms with E-state index < -0.39 is 23.1 Å². The smallest absolute Gasteiger partial charge is 0.322 e. The highest BCUT2D eigenvalue weighted by atomic mass is 32.1. The van der Waals surface area contributed by atoms with Crippen LogP contribution in [-0.4, -0.2) is 52.8 Å². The largest absolute Gasteiger partial charge is 0.481 e. The summed E-state index contributed by atoms with van der Waals surface area (Å²) in [7, 11) is 1.14. The minimum absolute atomic E-state index is 0.295. The van der Waals surface area contributed by atoms with Crippen molar-refractivity contribution in [2.75, 3.05) is 20.2 Å². The Bertz CT molecular complexity index is 329. The molecule has 0 saturated carbocycles. The minimum Gasteiger partial charge on any atom is -0.481 e. The molecule has 0 aromatic carbocycles. The fourth-order valence-electron chi connectivity index (χ4n) is 1.59. The van der Waals surface area contributed by atoms with Crippen LogP contribution in [0.3, 0.4) is 0 Å². The summed E-state index contributed by atoms with van der Waals surface area (Å²) in [5.74, 6) is -2.34. The molecule has 0 rings (SSSR count). The number of carbonyl (C=O) groups excluding carboxylic acids is 2. The average Bonchev–Trinajstić information content (AvgIpc) is 2.28. The monoisotopic (exact) mass is 277 g/mol. The topological polar surface area (TPSA) is 83.9 Å². The SMILES string of the molecule is CCN(CC)C(=O)CC(S)(CC(=O)O)C(=O)OC. The van der Waals surface area contributed by atoms with Gasteiger partial charge in [0, 0.05) is 13.1 Å². The van der Waals surface area contributed by atoms with Crippen LogP contribution in [0, 0.1) is 0 Å². The molecule has 1 amide bonds. The van der Waals surface area contributed by atoms with Gasteiger partial charge in [0.1, 0.15) is 4.75 Å². The van der Waals surface area contributed by atoms with Gasteiger partial charge in [-0.1, -0.05) is 0 Å². The lowest BCUT2D eigenvalue weighted by Crippen LogP contribution is -2.43. The molecule has 0 spiro atoms. The molecule has 104 valence electrons. The molecule has 0 radical (unpaired) electrons. The fraction of sp³-hybridized carbons (Fsp3) is 0.727. The molecule has 0 heterocycles. The summed E-state index contributed by atoms with van der Waals surface area (Å²) < 4.78 is 2.89. The third kappa shape index (κ3) is 4.56. The lowest BCUT2D eigenvalue weighted by Gasteiger charge is -2.27. The number of rotatable bonds is 7. The van der Waals surface area contributed by atoms with Crippen molar-refractivity contribution in [1.82, 2.24) is 4.90 Å². The van der Waals surface area contributed by atoms with Gasteiger partial charge in [0.2, 0.25) is 5.91 Å². The van der Waals surface area contributed by atoms with E-state index in [0.29, 0.717) is 13.1 Å². The van der Waals surface area contributed by atoms with E-state index >= 15 is 0 Å². The second-order valence-corrected chi connectivity index (χ2v) is 4.69. The first-order valence-electron chi connectivity index (χ1n) is 5.61. The predicted molar refractivity (Wildman–Crippen MR) is 68.5 cm³/mol. The van der Waals surface area contributed by atoms with Gasteiger partial charge in [0.25, 0.3) is 0 Å². The average molecular weight is 277 g/mol. The first-order valence-corrected chi connectivity index (χ1v) is 6.05. The second-order valence-electron chi connectivity index (χ2n) is 3.84. The summed E-state index contributed by atoms with van der Waals surface area (Å²) in [6.07, 6.45) is -0.855. The van der Waals surface area contributed by atoms with Gasteiger partial charge in [-0.05, 0) is 13.8 Å². The molecule has 0 aliphatic heterocycles. The minimum atomic E-state index is -1.62. The number of aliphatic carboxylic acids is 1. The maximum atomic E-state index is 11.9. The molecule has 7 heteroatoms. The maximum Gasteiger partial charge on any atom is 0.322 e. The summed E-state index contributed by atoms with van der Waals surface area (Å²) >= 11 is 4.04. The van der Waals surface area contributed by atoms with Gasteiger partial charge < -0.3 is 14.7 Å². The molecule has 0 fully saturated rings. The van der Waals surface area contributed by atoms with Crippen LogP contribution in [-0.2, 0) is 19.1 Å². The van der Waals surface area contributed by atoms with Crippen molar-refractivity contribution in [3.63, 3.8) is 0 Å². The van der Waals surface area contributed by atoms with Crippen molar-refractivity contribution in [2.45, 2.75) is 31.4 Å². The van der Waals surface area contributed by atoms with Crippen molar-refractivity contribution in [3.8, 4) is 0 Å². The number of hydrogen-bond acceptors (Lipinski definition) is 5. The third-order valence-electron chi connectivity index (χ3n) is 2.57. The van der Waals surface area contributed by atoms with E-state index in [4.69, 9.17) is 5.11 Å². The zero-order valence-corrected chi connectivity index (χ0v) is 11.7. The summed E-state index contributed by atoms with van der Waals surface area (Å²) in [6.45, 7) is 4.59. The molecule has 18 heavy (non-hydrogen) atoms. The molecule has 6 nitrogen and oxygen atoms in total. The summed E-state index contributed by atoms with van der Waals surface area (Å²) in [5.41, 5.74) is 0. The van der Waals surface area contributed by atoms with E-state index in [-0.39, 0.29) is 12.3 Å². The van der Waals surface area contributed by atoms with Gasteiger partial charge in [-0.25, -0.2) is 0 Å². The van der Waals surface area contributed by atoms with Crippen molar-refractivity contribution in [3.05, 3.63) is 0 Å². The molecular weight excluding hydrogens is 258 g/mol. The Morgan fingerprint density at radius 2 is 1.72 bits per heavy atom. The number of esters is 1. The molecule has 1 unspecified atom stereocenters. The molecule has 1 N–H and O–H groups in total. The normalized spacial score (nSPS) is 13.6. The molecule has 0 aliphatic carbocycles. The quantitative estimate of drug-likeness (QED) is 0.525. The Hall–Kier alpha value is -1.24. The molecule has 0 aromatic rings. The highest BCUT2D eigenvalue weighted by Crippen LogP contribution is 2.26. The van der Waals surface area contributed by atoms with Crippen LogP contribution in [0.25, 0.3) is 0 Å². The number of carbonyl (C=O) groups is 3. The molecule has 0 aromatic heterocycles. The van der Waals surface area contributed by atoms with Crippen LogP contribution < -0.4 is 0 Å². The first kappa shape index (κ1) is 16.8. The van der Waals surface area contributed by atoms with E-state index in [1.165, 1.54) is 4.90 Å². The standard InChI is InChI=1S/C11H19NO5S/c1-4-12(5-2)8(13)6-11(18,7-9(14)15)10(16)17-3/h18H,4-7H2,1-3H3,(H,14,15). The lowest BCUT2D eigenvalue weighted by atomic mass is 9.99. The zero-order chi connectivity index (χ0) is 14.3. The molecule has 0 saturated heterocycles. The van der Waals surface area contributed by atoms with E-state index in [1.54, 1.807) is 13.8 Å². The van der Waals surface area contributed by atoms with Gasteiger partial charge in [-0.2, -0.15) is 12.6 Å².